The van der Waals surface area contributed by atoms with E-state index in [1.165, 1.54) is 6.92 Å². The topological polar surface area (TPSA) is 69.6 Å². The fourth-order valence-electron chi connectivity index (χ4n) is 2.81. The van der Waals surface area contributed by atoms with Crippen LogP contribution in [0.25, 0.3) is 0 Å². The molecule has 0 aromatic heterocycles. The minimum Gasteiger partial charge on any atom is -0.394 e. The van der Waals surface area contributed by atoms with Crippen LogP contribution in [0.3, 0.4) is 0 Å². The Morgan fingerprint density at radius 2 is 2.10 bits per heavy atom. The maximum atomic E-state index is 12.7. The van der Waals surface area contributed by atoms with E-state index in [1.54, 1.807) is 4.90 Å². The number of nitrogens with zero attached hydrogens (tertiary/aromatic N) is 1. The molecule has 2 rings (SSSR count). The molecule has 21 heavy (non-hydrogen) atoms. The van der Waals surface area contributed by atoms with E-state index in [1.807, 2.05) is 30.3 Å². The van der Waals surface area contributed by atoms with Crippen LogP contribution in [0.4, 0.5) is 0 Å². The molecule has 2 amide bonds. The summed E-state index contributed by atoms with van der Waals surface area (Å²) in [5.41, 5.74) is 1.00. The third-order valence-corrected chi connectivity index (χ3v) is 3.83. The second kappa shape index (κ2) is 7.22. The van der Waals surface area contributed by atoms with Gasteiger partial charge >= 0.3 is 0 Å². The highest BCUT2D eigenvalue weighted by Crippen LogP contribution is 2.18. The van der Waals surface area contributed by atoms with E-state index in [0.717, 1.165) is 18.4 Å². The zero-order valence-electron chi connectivity index (χ0n) is 12.3. The van der Waals surface area contributed by atoms with Crippen molar-refractivity contribution in [3.05, 3.63) is 35.9 Å². The number of nitrogens with one attached hydrogen (secondary N) is 1. The molecule has 5 heteroatoms. The SMILES string of the molecule is CC(=O)N[C@@H](Cc1ccccc1)C(=O)N1CCC[C@H]1CO. The van der Waals surface area contributed by atoms with Crippen LogP contribution in [-0.4, -0.2) is 47.1 Å². The second-order valence-corrected chi connectivity index (χ2v) is 5.45. The van der Waals surface area contributed by atoms with Crippen molar-refractivity contribution in [1.82, 2.24) is 10.2 Å². The Bertz CT molecular complexity index is 490. The van der Waals surface area contributed by atoms with E-state index in [0.29, 0.717) is 13.0 Å². The minimum atomic E-state index is -0.572. The lowest BCUT2D eigenvalue weighted by molar-refractivity contribution is -0.137. The molecule has 2 atom stereocenters. The third-order valence-electron chi connectivity index (χ3n) is 3.83. The maximum absolute atomic E-state index is 12.7. The van der Waals surface area contributed by atoms with Crippen molar-refractivity contribution >= 4 is 11.8 Å². The van der Waals surface area contributed by atoms with Gasteiger partial charge in [-0.25, -0.2) is 0 Å². The summed E-state index contributed by atoms with van der Waals surface area (Å²) < 4.78 is 0. The van der Waals surface area contributed by atoms with E-state index in [-0.39, 0.29) is 24.5 Å². The van der Waals surface area contributed by atoms with E-state index in [2.05, 4.69) is 5.32 Å². The van der Waals surface area contributed by atoms with Gasteiger partial charge in [0.15, 0.2) is 0 Å². The van der Waals surface area contributed by atoms with Gasteiger partial charge in [-0.05, 0) is 18.4 Å². The number of rotatable bonds is 5. The number of aliphatic hydroxyl groups is 1. The van der Waals surface area contributed by atoms with Gasteiger partial charge in [0.05, 0.1) is 12.6 Å². The molecule has 1 aromatic rings. The van der Waals surface area contributed by atoms with Crippen molar-refractivity contribution in [1.29, 1.82) is 0 Å². The number of carbonyl (C=O) groups is 2. The van der Waals surface area contributed by atoms with Crippen LogP contribution >= 0.6 is 0 Å². The van der Waals surface area contributed by atoms with E-state index in [9.17, 15) is 14.7 Å². The number of hydrogen-bond donors (Lipinski definition) is 2. The molecule has 1 aliphatic heterocycles. The van der Waals surface area contributed by atoms with Gasteiger partial charge in [0.2, 0.25) is 11.8 Å². The number of likely N-dealkylation sites (tertiary alicyclic amines) is 1. The lowest BCUT2D eigenvalue weighted by Gasteiger charge is -2.28. The maximum Gasteiger partial charge on any atom is 0.245 e. The molecule has 0 aliphatic carbocycles. The second-order valence-electron chi connectivity index (χ2n) is 5.45. The number of hydrogen-bond acceptors (Lipinski definition) is 3. The van der Waals surface area contributed by atoms with E-state index < -0.39 is 6.04 Å². The molecule has 5 nitrogen and oxygen atoms in total. The summed E-state index contributed by atoms with van der Waals surface area (Å²) in [5, 5.41) is 12.1. The summed E-state index contributed by atoms with van der Waals surface area (Å²) in [7, 11) is 0. The first-order valence-electron chi connectivity index (χ1n) is 7.34. The monoisotopic (exact) mass is 290 g/mol. The Balaban J connectivity index is 2.11. The van der Waals surface area contributed by atoms with Gasteiger partial charge in [-0.1, -0.05) is 30.3 Å². The molecule has 1 saturated heterocycles. The quantitative estimate of drug-likeness (QED) is 0.839. The van der Waals surface area contributed by atoms with Crippen molar-refractivity contribution < 1.29 is 14.7 Å². The molecule has 0 unspecified atom stereocenters. The van der Waals surface area contributed by atoms with Crippen LogP contribution in [0, 0.1) is 0 Å². The molecule has 0 radical (unpaired) electrons. The summed E-state index contributed by atoms with van der Waals surface area (Å²) in [4.78, 5) is 25.7. The zero-order chi connectivity index (χ0) is 15.2. The molecular formula is C16H22N2O3. The Morgan fingerprint density at radius 1 is 1.38 bits per heavy atom. The summed E-state index contributed by atoms with van der Waals surface area (Å²) in [6.07, 6.45) is 2.18. The van der Waals surface area contributed by atoms with Gasteiger partial charge < -0.3 is 15.3 Å². The number of benzene rings is 1. The van der Waals surface area contributed by atoms with Gasteiger partial charge in [0.25, 0.3) is 0 Å². The highest BCUT2D eigenvalue weighted by Gasteiger charge is 2.33. The Kier molecular flexibility index (Phi) is 5.33. The van der Waals surface area contributed by atoms with Crippen LogP contribution < -0.4 is 5.32 Å². The molecule has 0 bridgehead atoms. The molecule has 2 N–H and O–H groups in total. The Labute approximate surface area is 125 Å². The molecule has 1 aliphatic rings. The van der Waals surface area contributed by atoms with Crippen molar-refractivity contribution in [2.24, 2.45) is 0 Å². The largest absolute Gasteiger partial charge is 0.394 e. The first-order valence-corrected chi connectivity index (χ1v) is 7.34. The van der Waals surface area contributed by atoms with Crippen molar-refractivity contribution in [2.45, 2.75) is 38.3 Å². The normalized spacial score (nSPS) is 19.3. The molecule has 0 saturated carbocycles. The summed E-state index contributed by atoms with van der Waals surface area (Å²) in [6.45, 7) is 2.04. The highest BCUT2D eigenvalue weighted by molar-refractivity contribution is 5.87. The van der Waals surface area contributed by atoms with Gasteiger partial charge in [-0.3, -0.25) is 9.59 Å². The van der Waals surface area contributed by atoms with Crippen molar-refractivity contribution in [3.8, 4) is 0 Å². The summed E-state index contributed by atoms with van der Waals surface area (Å²) in [6, 6.07) is 8.93. The molecule has 114 valence electrons. The van der Waals surface area contributed by atoms with Gasteiger partial charge in [0.1, 0.15) is 6.04 Å². The molecule has 0 spiro atoms. The number of aliphatic hydroxyl groups excluding tert-OH is 1. The lowest BCUT2D eigenvalue weighted by Crippen LogP contribution is -2.51. The van der Waals surface area contributed by atoms with Crippen LogP contribution in [0.5, 0.6) is 0 Å². The summed E-state index contributed by atoms with van der Waals surface area (Å²) in [5.74, 6) is -0.324. The number of carbonyl (C=O) groups excluding carboxylic acids is 2. The Morgan fingerprint density at radius 3 is 2.71 bits per heavy atom. The lowest BCUT2D eigenvalue weighted by atomic mass is 10.0. The highest BCUT2D eigenvalue weighted by atomic mass is 16.3. The molecule has 1 fully saturated rings. The predicted octanol–water partition coefficient (Wildman–Crippen LogP) is 0.717. The fraction of sp³-hybridized carbons (Fsp3) is 0.500. The first kappa shape index (κ1) is 15.5. The van der Waals surface area contributed by atoms with Crippen LogP contribution in [-0.2, 0) is 16.0 Å². The van der Waals surface area contributed by atoms with Gasteiger partial charge in [-0.15, -0.1) is 0 Å². The van der Waals surface area contributed by atoms with Crippen molar-refractivity contribution in [3.63, 3.8) is 0 Å². The predicted molar refractivity (Wildman–Crippen MR) is 79.6 cm³/mol. The van der Waals surface area contributed by atoms with Gasteiger partial charge in [-0.2, -0.15) is 0 Å². The summed E-state index contributed by atoms with van der Waals surface area (Å²) >= 11 is 0. The first-order chi connectivity index (χ1) is 10.1. The Hall–Kier alpha value is -1.88. The third kappa shape index (κ3) is 4.04. The van der Waals surface area contributed by atoms with Crippen LogP contribution in [0.15, 0.2) is 30.3 Å². The average Bonchev–Trinajstić information content (AvgIpc) is 2.95. The average molecular weight is 290 g/mol. The standard InChI is InChI=1S/C16H22N2O3/c1-12(20)17-15(10-13-6-3-2-4-7-13)16(21)18-9-5-8-14(18)11-19/h2-4,6-7,14-15,19H,5,8-11H2,1H3,(H,17,20)/t14-,15-/m0/s1. The molecule has 1 aromatic carbocycles. The smallest absolute Gasteiger partial charge is 0.245 e. The molecule has 1 heterocycles. The van der Waals surface area contributed by atoms with Crippen LogP contribution in [0.1, 0.15) is 25.3 Å². The van der Waals surface area contributed by atoms with Gasteiger partial charge in [0, 0.05) is 19.9 Å². The minimum absolute atomic E-state index is 0.0239. The van der Waals surface area contributed by atoms with E-state index in [4.69, 9.17) is 0 Å². The fourth-order valence-corrected chi connectivity index (χ4v) is 2.81. The van der Waals surface area contributed by atoms with Crippen molar-refractivity contribution in [2.75, 3.05) is 13.2 Å². The van der Waals surface area contributed by atoms with Crippen LogP contribution in [0.2, 0.25) is 0 Å². The molecular weight excluding hydrogens is 268 g/mol. The van der Waals surface area contributed by atoms with E-state index >= 15 is 0 Å². The number of amides is 2. The zero-order valence-corrected chi connectivity index (χ0v) is 12.3.